The average Bonchev–Trinajstić information content (AvgIpc) is 3.92. The van der Waals surface area contributed by atoms with E-state index in [2.05, 4.69) is 163 Å². The summed E-state index contributed by atoms with van der Waals surface area (Å²) < 4.78 is 25.4. The fourth-order valence-corrected chi connectivity index (χ4v) is 11.0. The lowest BCUT2D eigenvalue weighted by Gasteiger charge is -2.40. The Morgan fingerprint density at radius 1 is 0.414 bits per heavy atom. The molecule has 0 saturated carbocycles. The number of rotatable bonds is 19. The SMILES string of the molecule is CC(C)(C)CC(C)(C)c1cc(-c2cc(C(C)(C)CC(C)(C)C)c(OCCCC3CO3)c(C(C)(C)CC(C)(C)C)c2)cc(C(C)(C)CC(C)(C)C)c1OCCCC1CO1. The van der Waals surface area contributed by atoms with Gasteiger partial charge in [-0.25, -0.2) is 0 Å². The number of hydrogen-bond donors (Lipinski definition) is 0. The molecule has 2 unspecified atom stereocenters. The van der Waals surface area contributed by atoms with Crippen molar-refractivity contribution in [3.05, 3.63) is 46.5 Å². The summed E-state index contributed by atoms with van der Waals surface area (Å²) in [5.74, 6) is 2.20. The maximum absolute atomic E-state index is 7.12. The van der Waals surface area contributed by atoms with Gasteiger partial charge >= 0.3 is 0 Å². The minimum absolute atomic E-state index is 0.132. The molecule has 2 aromatic carbocycles. The predicted octanol–water partition coefficient (Wildman–Crippen LogP) is 15.3. The molecule has 4 heteroatoms. The van der Waals surface area contributed by atoms with Gasteiger partial charge in [-0.05, 0) is 130 Å². The van der Waals surface area contributed by atoms with Gasteiger partial charge in [0.2, 0.25) is 0 Å². The zero-order valence-electron chi connectivity index (χ0n) is 41.6. The molecule has 4 rings (SSSR count). The van der Waals surface area contributed by atoms with Gasteiger partial charge in [-0.15, -0.1) is 0 Å². The van der Waals surface area contributed by atoms with Crippen LogP contribution in [0.25, 0.3) is 11.1 Å². The van der Waals surface area contributed by atoms with Crippen LogP contribution in [-0.4, -0.2) is 38.6 Å². The van der Waals surface area contributed by atoms with Crippen molar-refractivity contribution < 1.29 is 18.9 Å². The molecule has 330 valence electrons. The normalized spacial score (nSPS) is 18.4. The van der Waals surface area contributed by atoms with E-state index in [1.54, 1.807) is 0 Å². The Bertz CT molecular complexity index is 1450. The zero-order valence-corrected chi connectivity index (χ0v) is 41.6. The molecule has 0 aromatic heterocycles. The molecule has 2 fully saturated rings. The third-order valence-corrected chi connectivity index (χ3v) is 12.0. The Morgan fingerprint density at radius 3 is 0.828 bits per heavy atom. The van der Waals surface area contributed by atoms with Gasteiger partial charge in [0.15, 0.2) is 0 Å². The second kappa shape index (κ2) is 17.4. The Morgan fingerprint density at radius 2 is 0.638 bits per heavy atom. The molecule has 2 aliphatic heterocycles. The molecule has 0 aliphatic carbocycles. The molecular formula is C54H90O4. The molecule has 0 bridgehead atoms. The second-order valence-electron chi connectivity index (χ2n) is 26.2. The van der Waals surface area contributed by atoms with Crippen LogP contribution in [0.2, 0.25) is 0 Å². The Kier molecular flexibility index (Phi) is 14.6. The molecule has 0 amide bonds. The second-order valence-corrected chi connectivity index (χ2v) is 26.2. The van der Waals surface area contributed by atoms with Gasteiger partial charge in [-0.1, -0.05) is 138 Å². The van der Waals surface area contributed by atoms with Gasteiger partial charge < -0.3 is 18.9 Å². The van der Waals surface area contributed by atoms with Gasteiger partial charge in [-0.3, -0.25) is 0 Å². The Hall–Kier alpha value is -2.04. The van der Waals surface area contributed by atoms with Crippen LogP contribution in [0.15, 0.2) is 24.3 Å². The summed E-state index contributed by atoms with van der Waals surface area (Å²) in [6.07, 6.45) is 9.10. The highest BCUT2D eigenvalue weighted by Crippen LogP contribution is 2.52. The number of ether oxygens (including phenoxy) is 4. The van der Waals surface area contributed by atoms with Crippen molar-refractivity contribution in [3.8, 4) is 22.6 Å². The first-order chi connectivity index (χ1) is 26.2. The van der Waals surface area contributed by atoms with Gasteiger partial charge in [0, 0.05) is 22.3 Å². The van der Waals surface area contributed by atoms with Crippen molar-refractivity contribution in [3.63, 3.8) is 0 Å². The highest BCUT2D eigenvalue weighted by molar-refractivity contribution is 5.73. The summed E-state index contributed by atoms with van der Waals surface area (Å²) in [4.78, 5) is 0. The highest BCUT2D eigenvalue weighted by Gasteiger charge is 2.40. The summed E-state index contributed by atoms with van der Waals surface area (Å²) in [5, 5.41) is 0. The van der Waals surface area contributed by atoms with Crippen molar-refractivity contribution in [1.29, 1.82) is 0 Å². The molecule has 2 aromatic rings. The quantitative estimate of drug-likeness (QED) is 0.105. The summed E-state index contributed by atoms with van der Waals surface area (Å²) >= 11 is 0. The van der Waals surface area contributed by atoms with Gasteiger partial charge in [0.25, 0.3) is 0 Å². The van der Waals surface area contributed by atoms with E-state index in [-0.39, 0.29) is 43.3 Å². The van der Waals surface area contributed by atoms with E-state index in [4.69, 9.17) is 18.9 Å². The summed E-state index contributed by atoms with van der Waals surface area (Å²) in [6.45, 7) is 51.3. The fraction of sp³-hybridized carbons (Fsp3) is 0.778. The minimum atomic E-state index is -0.132. The third-order valence-electron chi connectivity index (χ3n) is 12.0. The fourth-order valence-electron chi connectivity index (χ4n) is 11.0. The third kappa shape index (κ3) is 14.6. The van der Waals surface area contributed by atoms with Crippen LogP contribution in [0, 0.1) is 21.7 Å². The first kappa shape index (κ1) is 48.6. The Balaban J connectivity index is 2.09. The molecule has 0 N–H and O–H groups in total. The van der Waals surface area contributed by atoms with Crippen molar-refractivity contribution in [2.45, 2.75) is 224 Å². The van der Waals surface area contributed by atoms with Crippen LogP contribution in [-0.2, 0) is 31.1 Å². The molecule has 2 aliphatic rings. The number of epoxide rings is 2. The summed E-state index contributed by atoms with van der Waals surface area (Å²) in [7, 11) is 0. The molecule has 58 heavy (non-hydrogen) atoms. The van der Waals surface area contributed by atoms with E-state index in [9.17, 15) is 0 Å². The molecule has 2 saturated heterocycles. The summed E-state index contributed by atoms with van der Waals surface area (Å²) in [5.41, 5.74) is 7.90. The van der Waals surface area contributed by atoms with Gasteiger partial charge in [-0.2, -0.15) is 0 Å². The average molecular weight is 803 g/mol. The molecule has 4 nitrogen and oxygen atoms in total. The maximum atomic E-state index is 7.12. The van der Waals surface area contributed by atoms with E-state index >= 15 is 0 Å². The van der Waals surface area contributed by atoms with Crippen molar-refractivity contribution in [1.82, 2.24) is 0 Å². The lowest BCUT2D eigenvalue weighted by Crippen LogP contribution is -2.30. The van der Waals surface area contributed by atoms with Crippen LogP contribution < -0.4 is 9.47 Å². The Labute approximate surface area is 358 Å². The van der Waals surface area contributed by atoms with Crippen LogP contribution in [0.1, 0.15) is 212 Å². The van der Waals surface area contributed by atoms with Crippen LogP contribution in [0.4, 0.5) is 0 Å². The zero-order chi connectivity index (χ0) is 43.9. The molecular weight excluding hydrogens is 713 g/mol. The van der Waals surface area contributed by atoms with Crippen LogP contribution >= 0.6 is 0 Å². The van der Waals surface area contributed by atoms with E-state index in [1.807, 2.05) is 0 Å². The maximum Gasteiger partial charge on any atom is 0.126 e. The van der Waals surface area contributed by atoms with E-state index in [0.29, 0.717) is 25.4 Å². The van der Waals surface area contributed by atoms with E-state index < -0.39 is 0 Å². The van der Waals surface area contributed by atoms with E-state index in [1.165, 1.54) is 33.4 Å². The topological polar surface area (TPSA) is 43.5 Å². The molecule has 2 atom stereocenters. The van der Waals surface area contributed by atoms with Gasteiger partial charge in [0.1, 0.15) is 11.5 Å². The van der Waals surface area contributed by atoms with Crippen LogP contribution in [0.5, 0.6) is 11.5 Å². The van der Waals surface area contributed by atoms with E-state index in [0.717, 1.165) is 76.1 Å². The van der Waals surface area contributed by atoms with Gasteiger partial charge in [0.05, 0.1) is 38.6 Å². The molecule has 0 spiro atoms. The van der Waals surface area contributed by atoms with Crippen molar-refractivity contribution in [2.75, 3.05) is 26.4 Å². The first-order valence-electron chi connectivity index (χ1n) is 23.1. The molecule has 0 radical (unpaired) electrons. The standard InChI is InChI=1S/C54H90O4/c1-47(2,3)33-51(13,14)41-27-37(28-42(52(15,16)34-48(4,5)6)45(41)55-25-21-23-39-31-57-39)38-29-43(53(17,18)35-49(7,8)9)46(56-26-22-24-40-32-58-40)44(30-38)54(19,20)36-50(10,11)12/h27-30,39-40H,21-26,31-36H2,1-20H3. The van der Waals surface area contributed by atoms with Crippen LogP contribution in [0.3, 0.4) is 0 Å². The monoisotopic (exact) mass is 803 g/mol. The molecule has 2 heterocycles. The lowest BCUT2D eigenvalue weighted by molar-refractivity contribution is 0.244. The summed E-state index contributed by atoms with van der Waals surface area (Å²) in [6, 6.07) is 10.1. The van der Waals surface area contributed by atoms with Crippen molar-refractivity contribution in [2.24, 2.45) is 21.7 Å². The van der Waals surface area contributed by atoms with Crippen molar-refractivity contribution >= 4 is 0 Å². The largest absolute Gasteiger partial charge is 0.493 e. The number of hydrogen-bond acceptors (Lipinski definition) is 4. The number of benzene rings is 2. The minimum Gasteiger partial charge on any atom is -0.493 e. The predicted molar refractivity (Wildman–Crippen MR) is 249 cm³/mol. The lowest BCUT2D eigenvalue weighted by atomic mass is 9.66. The first-order valence-corrected chi connectivity index (χ1v) is 23.1. The smallest absolute Gasteiger partial charge is 0.126 e. The highest BCUT2D eigenvalue weighted by atomic mass is 16.6.